The molecule has 1 aromatic heterocycles. The number of amides is 1. The van der Waals surface area contributed by atoms with E-state index >= 15 is 0 Å². The van der Waals surface area contributed by atoms with Gasteiger partial charge >= 0.3 is 0 Å². The fraction of sp³-hybridized carbons (Fsp3) is 0.632. The van der Waals surface area contributed by atoms with Gasteiger partial charge in [0.1, 0.15) is 6.61 Å². The molecule has 1 aromatic rings. The average molecular weight is 331 g/mol. The molecule has 1 amide bonds. The SMILES string of the molecule is C#CCOCC1CCN(C(=O)C2(c3cccs3)CCCC2)CC1. The van der Waals surface area contributed by atoms with Crippen LogP contribution in [0.1, 0.15) is 43.4 Å². The van der Waals surface area contributed by atoms with Gasteiger partial charge in [-0.25, -0.2) is 0 Å². The monoisotopic (exact) mass is 331 g/mol. The predicted octanol–water partition coefficient (Wildman–Crippen LogP) is 3.45. The Bertz CT molecular complexity index is 546. The van der Waals surface area contributed by atoms with Gasteiger partial charge in [-0.15, -0.1) is 17.8 Å². The maximum absolute atomic E-state index is 13.3. The van der Waals surface area contributed by atoms with Crippen LogP contribution in [0.2, 0.25) is 0 Å². The van der Waals surface area contributed by atoms with E-state index in [1.807, 2.05) is 0 Å². The number of likely N-dealkylation sites (tertiary alicyclic amines) is 1. The standard InChI is InChI=1S/C19H25NO2S/c1-2-13-22-15-16-7-11-20(12-8-16)18(21)19(9-3-4-10-19)17-6-5-14-23-17/h1,5-6,14,16H,3-4,7-13,15H2. The number of terminal acetylenes is 1. The highest BCUT2D eigenvalue weighted by molar-refractivity contribution is 7.10. The lowest BCUT2D eigenvalue weighted by Crippen LogP contribution is -2.48. The molecule has 0 N–H and O–H groups in total. The minimum Gasteiger partial charge on any atom is -0.369 e. The van der Waals surface area contributed by atoms with E-state index in [2.05, 4.69) is 28.3 Å². The number of hydrogen-bond acceptors (Lipinski definition) is 3. The van der Waals surface area contributed by atoms with Crippen LogP contribution in [0.15, 0.2) is 17.5 Å². The van der Waals surface area contributed by atoms with Crippen LogP contribution in [0, 0.1) is 18.3 Å². The van der Waals surface area contributed by atoms with Crippen molar-refractivity contribution in [2.45, 2.75) is 43.9 Å². The number of carbonyl (C=O) groups is 1. The van der Waals surface area contributed by atoms with Gasteiger partial charge in [0.05, 0.1) is 12.0 Å². The zero-order valence-corrected chi connectivity index (χ0v) is 14.4. The molecule has 4 heteroatoms. The zero-order valence-electron chi connectivity index (χ0n) is 13.6. The van der Waals surface area contributed by atoms with Crippen molar-refractivity contribution >= 4 is 17.2 Å². The number of ether oxygens (including phenoxy) is 1. The summed E-state index contributed by atoms with van der Waals surface area (Å²) >= 11 is 1.74. The highest BCUT2D eigenvalue weighted by Crippen LogP contribution is 2.44. The third-order valence-corrected chi connectivity index (χ3v) is 6.37. The molecular weight excluding hydrogens is 306 g/mol. The fourth-order valence-electron chi connectivity index (χ4n) is 3.98. The lowest BCUT2D eigenvalue weighted by molar-refractivity contribution is -0.139. The molecule has 1 aliphatic carbocycles. The lowest BCUT2D eigenvalue weighted by Gasteiger charge is -2.38. The van der Waals surface area contributed by atoms with Gasteiger partial charge in [-0.05, 0) is 43.0 Å². The Hall–Kier alpha value is -1.31. The fourth-order valence-corrected chi connectivity index (χ4v) is 4.96. The highest BCUT2D eigenvalue weighted by atomic mass is 32.1. The maximum Gasteiger partial charge on any atom is 0.234 e. The third-order valence-electron chi connectivity index (χ3n) is 5.30. The van der Waals surface area contributed by atoms with Crippen LogP contribution < -0.4 is 0 Å². The van der Waals surface area contributed by atoms with Gasteiger partial charge in [0.15, 0.2) is 0 Å². The van der Waals surface area contributed by atoms with E-state index in [4.69, 9.17) is 11.2 Å². The number of thiophene rings is 1. The first-order valence-corrected chi connectivity index (χ1v) is 9.49. The summed E-state index contributed by atoms with van der Waals surface area (Å²) in [5.74, 6) is 3.40. The normalized spacial score (nSPS) is 21.3. The van der Waals surface area contributed by atoms with Gasteiger partial charge < -0.3 is 9.64 Å². The summed E-state index contributed by atoms with van der Waals surface area (Å²) in [6.07, 6.45) is 11.6. The molecule has 0 radical (unpaired) electrons. The molecule has 0 spiro atoms. The van der Waals surface area contributed by atoms with Crippen LogP contribution >= 0.6 is 11.3 Å². The third kappa shape index (κ3) is 3.46. The number of piperidine rings is 1. The molecule has 1 saturated carbocycles. The van der Waals surface area contributed by atoms with E-state index in [0.717, 1.165) is 45.4 Å². The molecule has 3 nitrogen and oxygen atoms in total. The van der Waals surface area contributed by atoms with Crippen LogP contribution in [0.3, 0.4) is 0 Å². The maximum atomic E-state index is 13.3. The van der Waals surface area contributed by atoms with Gasteiger partial charge in [-0.1, -0.05) is 24.8 Å². The second-order valence-electron chi connectivity index (χ2n) is 6.72. The molecule has 1 aliphatic heterocycles. The first-order valence-electron chi connectivity index (χ1n) is 8.61. The van der Waals surface area contributed by atoms with Crippen molar-refractivity contribution in [2.24, 2.45) is 5.92 Å². The number of carbonyl (C=O) groups excluding carboxylic acids is 1. The smallest absolute Gasteiger partial charge is 0.234 e. The number of hydrogen-bond donors (Lipinski definition) is 0. The molecule has 0 bridgehead atoms. The summed E-state index contributed by atoms with van der Waals surface area (Å²) in [4.78, 5) is 16.6. The van der Waals surface area contributed by atoms with Gasteiger partial charge in [-0.2, -0.15) is 0 Å². The lowest BCUT2D eigenvalue weighted by atomic mass is 9.82. The Morgan fingerprint density at radius 3 is 2.74 bits per heavy atom. The van der Waals surface area contributed by atoms with E-state index in [-0.39, 0.29) is 5.41 Å². The summed E-state index contributed by atoms with van der Waals surface area (Å²) in [6, 6.07) is 4.22. The van der Waals surface area contributed by atoms with Crippen molar-refractivity contribution in [3.05, 3.63) is 22.4 Å². The summed E-state index contributed by atoms with van der Waals surface area (Å²) < 4.78 is 5.46. The first kappa shape index (κ1) is 16.5. The van der Waals surface area contributed by atoms with Crippen molar-refractivity contribution in [3.63, 3.8) is 0 Å². The molecule has 2 heterocycles. The van der Waals surface area contributed by atoms with Gasteiger partial charge in [0, 0.05) is 18.0 Å². The Morgan fingerprint density at radius 1 is 1.39 bits per heavy atom. The van der Waals surface area contributed by atoms with Crippen LogP contribution in [0.5, 0.6) is 0 Å². The first-order chi connectivity index (χ1) is 11.3. The Kier molecular flexibility index (Phi) is 5.40. The minimum atomic E-state index is -0.235. The van der Waals surface area contributed by atoms with Crippen LogP contribution in [-0.4, -0.2) is 37.1 Å². The van der Waals surface area contributed by atoms with Crippen LogP contribution in [0.25, 0.3) is 0 Å². The van der Waals surface area contributed by atoms with Gasteiger partial charge in [0.25, 0.3) is 0 Å². The Balaban J connectivity index is 1.61. The molecule has 0 aromatic carbocycles. The molecule has 0 atom stereocenters. The van der Waals surface area contributed by atoms with Crippen molar-refractivity contribution < 1.29 is 9.53 Å². The van der Waals surface area contributed by atoms with Gasteiger partial charge in [0.2, 0.25) is 5.91 Å². The molecule has 3 rings (SSSR count). The Labute approximate surface area is 143 Å². The minimum absolute atomic E-state index is 0.235. The van der Waals surface area contributed by atoms with Gasteiger partial charge in [-0.3, -0.25) is 4.79 Å². The second kappa shape index (κ2) is 7.51. The molecular formula is C19H25NO2S. The second-order valence-corrected chi connectivity index (χ2v) is 7.67. The largest absolute Gasteiger partial charge is 0.369 e. The Morgan fingerprint density at radius 2 is 2.13 bits per heavy atom. The quantitative estimate of drug-likeness (QED) is 0.611. The number of rotatable bonds is 5. The van der Waals surface area contributed by atoms with E-state index in [9.17, 15) is 4.79 Å². The zero-order chi connectivity index (χ0) is 16.1. The summed E-state index contributed by atoms with van der Waals surface area (Å²) in [6.45, 7) is 2.83. The summed E-state index contributed by atoms with van der Waals surface area (Å²) in [7, 11) is 0. The van der Waals surface area contributed by atoms with Crippen LogP contribution in [0.4, 0.5) is 0 Å². The topological polar surface area (TPSA) is 29.5 Å². The van der Waals surface area contributed by atoms with E-state index < -0.39 is 0 Å². The molecule has 0 unspecified atom stereocenters. The molecule has 2 aliphatic rings. The summed E-state index contributed by atoms with van der Waals surface area (Å²) in [5.41, 5.74) is -0.235. The highest BCUT2D eigenvalue weighted by Gasteiger charge is 2.46. The van der Waals surface area contributed by atoms with E-state index in [0.29, 0.717) is 18.4 Å². The molecule has 1 saturated heterocycles. The molecule has 124 valence electrons. The van der Waals surface area contributed by atoms with Crippen molar-refractivity contribution in [2.75, 3.05) is 26.3 Å². The number of nitrogens with zero attached hydrogens (tertiary/aromatic N) is 1. The van der Waals surface area contributed by atoms with Crippen molar-refractivity contribution in [3.8, 4) is 12.3 Å². The van der Waals surface area contributed by atoms with Crippen molar-refractivity contribution in [1.29, 1.82) is 0 Å². The predicted molar refractivity (Wildman–Crippen MR) is 93.4 cm³/mol. The molecule has 23 heavy (non-hydrogen) atoms. The average Bonchev–Trinajstić information content (AvgIpc) is 3.27. The summed E-state index contributed by atoms with van der Waals surface area (Å²) in [5, 5.41) is 2.09. The van der Waals surface area contributed by atoms with E-state index in [1.54, 1.807) is 11.3 Å². The van der Waals surface area contributed by atoms with E-state index in [1.165, 1.54) is 17.7 Å². The molecule has 2 fully saturated rings. The van der Waals surface area contributed by atoms with Crippen molar-refractivity contribution in [1.82, 2.24) is 4.90 Å². The van der Waals surface area contributed by atoms with Crippen LogP contribution in [-0.2, 0) is 14.9 Å².